The molecule has 1 atom stereocenters. The SMILES string of the molecule is CC(Oc1ccc(F)cc1)C(=O)NCCN1C(=O)S/C(=C\c2ccc(Cl)cc2)C1=O. The Morgan fingerprint density at radius 2 is 1.87 bits per heavy atom. The van der Waals surface area contributed by atoms with Crippen LogP contribution in [0.15, 0.2) is 53.4 Å². The Morgan fingerprint density at radius 1 is 1.20 bits per heavy atom. The quantitative estimate of drug-likeness (QED) is 0.645. The third-order valence-electron chi connectivity index (χ3n) is 4.17. The summed E-state index contributed by atoms with van der Waals surface area (Å²) in [7, 11) is 0. The van der Waals surface area contributed by atoms with Crippen LogP contribution in [-0.2, 0) is 9.59 Å². The number of hydrogen-bond donors (Lipinski definition) is 1. The molecule has 0 bridgehead atoms. The molecule has 0 aromatic heterocycles. The molecule has 0 spiro atoms. The molecule has 6 nitrogen and oxygen atoms in total. The monoisotopic (exact) mass is 448 g/mol. The average molecular weight is 449 g/mol. The van der Waals surface area contributed by atoms with E-state index in [0.29, 0.717) is 15.7 Å². The van der Waals surface area contributed by atoms with Gasteiger partial charge in [0.15, 0.2) is 6.10 Å². The fourth-order valence-electron chi connectivity index (χ4n) is 2.61. The van der Waals surface area contributed by atoms with Crippen LogP contribution in [-0.4, -0.2) is 41.1 Å². The van der Waals surface area contributed by atoms with Gasteiger partial charge in [0.1, 0.15) is 11.6 Å². The van der Waals surface area contributed by atoms with Gasteiger partial charge in [0.25, 0.3) is 17.1 Å². The van der Waals surface area contributed by atoms with Crippen molar-refractivity contribution in [1.29, 1.82) is 0 Å². The fraction of sp³-hybridized carbons (Fsp3) is 0.190. The molecule has 30 heavy (non-hydrogen) atoms. The third-order valence-corrected chi connectivity index (χ3v) is 5.33. The first-order chi connectivity index (χ1) is 14.3. The van der Waals surface area contributed by atoms with Crippen molar-refractivity contribution in [3.63, 3.8) is 0 Å². The van der Waals surface area contributed by atoms with Gasteiger partial charge >= 0.3 is 0 Å². The Bertz CT molecular complexity index is 980. The topological polar surface area (TPSA) is 75.7 Å². The maximum absolute atomic E-state index is 12.9. The molecule has 2 aromatic rings. The first kappa shape index (κ1) is 21.9. The lowest BCUT2D eigenvalue weighted by atomic mass is 10.2. The molecule has 1 unspecified atom stereocenters. The Labute approximate surface area is 182 Å². The summed E-state index contributed by atoms with van der Waals surface area (Å²) in [6.07, 6.45) is 0.800. The van der Waals surface area contributed by atoms with Crippen molar-refractivity contribution in [2.75, 3.05) is 13.1 Å². The number of carbonyl (C=O) groups is 3. The Morgan fingerprint density at radius 3 is 2.53 bits per heavy atom. The van der Waals surface area contributed by atoms with E-state index in [2.05, 4.69) is 5.32 Å². The van der Waals surface area contributed by atoms with E-state index >= 15 is 0 Å². The zero-order valence-corrected chi connectivity index (χ0v) is 17.5. The maximum Gasteiger partial charge on any atom is 0.293 e. The van der Waals surface area contributed by atoms with Gasteiger partial charge in [0.05, 0.1) is 4.91 Å². The van der Waals surface area contributed by atoms with Gasteiger partial charge in [-0.2, -0.15) is 0 Å². The minimum absolute atomic E-state index is 0.0393. The highest BCUT2D eigenvalue weighted by molar-refractivity contribution is 8.18. The summed E-state index contributed by atoms with van der Waals surface area (Å²) in [6.45, 7) is 1.67. The highest BCUT2D eigenvalue weighted by atomic mass is 35.5. The predicted octanol–water partition coefficient (Wildman–Crippen LogP) is 4.10. The number of halogens is 2. The number of amides is 3. The lowest BCUT2D eigenvalue weighted by molar-refractivity contribution is -0.128. The molecule has 2 aromatic carbocycles. The highest BCUT2D eigenvalue weighted by Crippen LogP contribution is 2.32. The van der Waals surface area contributed by atoms with E-state index in [1.54, 1.807) is 37.3 Å². The Kier molecular flexibility index (Phi) is 7.12. The number of nitrogens with zero attached hydrogens (tertiary/aromatic N) is 1. The smallest absolute Gasteiger partial charge is 0.293 e. The molecular weight excluding hydrogens is 431 g/mol. The molecule has 1 aliphatic rings. The minimum atomic E-state index is -0.824. The van der Waals surface area contributed by atoms with Gasteiger partial charge in [-0.05, 0) is 66.7 Å². The number of ether oxygens (including phenoxy) is 1. The second-order valence-electron chi connectivity index (χ2n) is 6.39. The zero-order valence-electron chi connectivity index (χ0n) is 15.9. The minimum Gasteiger partial charge on any atom is -0.481 e. The van der Waals surface area contributed by atoms with Gasteiger partial charge < -0.3 is 10.1 Å². The van der Waals surface area contributed by atoms with E-state index in [1.807, 2.05) is 0 Å². The molecule has 1 aliphatic heterocycles. The normalized spacial score (nSPS) is 16.1. The molecule has 156 valence electrons. The van der Waals surface area contributed by atoms with E-state index in [4.69, 9.17) is 16.3 Å². The Hall–Kier alpha value is -2.84. The van der Waals surface area contributed by atoms with Crippen molar-refractivity contribution in [3.05, 3.63) is 69.8 Å². The standard InChI is InChI=1S/C21H18ClFN2O4S/c1-13(29-17-8-6-16(23)7-9-17)19(26)24-10-11-25-20(27)18(30-21(25)28)12-14-2-4-15(22)5-3-14/h2-9,12-13H,10-11H2,1H3,(H,24,26)/b18-12-. The second kappa shape index (κ2) is 9.77. The van der Waals surface area contributed by atoms with Crippen LogP contribution in [0.1, 0.15) is 12.5 Å². The molecule has 3 rings (SSSR count). The number of thioether (sulfide) groups is 1. The molecule has 1 N–H and O–H groups in total. The summed E-state index contributed by atoms with van der Waals surface area (Å²) in [5.41, 5.74) is 0.755. The van der Waals surface area contributed by atoms with Crippen LogP contribution < -0.4 is 10.1 Å². The van der Waals surface area contributed by atoms with E-state index in [1.165, 1.54) is 24.3 Å². The van der Waals surface area contributed by atoms with Crippen LogP contribution in [0, 0.1) is 5.82 Å². The van der Waals surface area contributed by atoms with E-state index in [9.17, 15) is 18.8 Å². The largest absolute Gasteiger partial charge is 0.481 e. The van der Waals surface area contributed by atoms with Crippen molar-refractivity contribution in [2.45, 2.75) is 13.0 Å². The second-order valence-corrected chi connectivity index (χ2v) is 7.82. The van der Waals surface area contributed by atoms with Crippen LogP contribution >= 0.6 is 23.4 Å². The van der Waals surface area contributed by atoms with Crippen molar-refractivity contribution in [1.82, 2.24) is 10.2 Å². The number of benzene rings is 2. The molecular formula is C21H18ClFN2O4S. The molecule has 0 radical (unpaired) electrons. The van der Waals surface area contributed by atoms with Crippen LogP contribution in [0.5, 0.6) is 5.75 Å². The van der Waals surface area contributed by atoms with E-state index in [0.717, 1.165) is 22.2 Å². The van der Waals surface area contributed by atoms with E-state index < -0.39 is 29.0 Å². The number of rotatable bonds is 7. The van der Waals surface area contributed by atoms with Crippen molar-refractivity contribution < 1.29 is 23.5 Å². The number of hydrogen-bond acceptors (Lipinski definition) is 5. The zero-order chi connectivity index (χ0) is 21.7. The molecule has 3 amide bonds. The van der Waals surface area contributed by atoms with Crippen molar-refractivity contribution >= 4 is 46.5 Å². The van der Waals surface area contributed by atoms with Crippen LogP contribution in [0.2, 0.25) is 5.02 Å². The molecule has 9 heteroatoms. The van der Waals surface area contributed by atoms with Gasteiger partial charge in [0.2, 0.25) is 0 Å². The summed E-state index contributed by atoms with van der Waals surface area (Å²) < 4.78 is 18.4. The molecule has 0 aliphatic carbocycles. The van der Waals surface area contributed by atoms with Crippen LogP contribution in [0.3, 0.4) is 0 Å². The lowest BCUT2D eigenvalue weighted by Gasteiger charge is -2.16. The molecule has 1 fully saturated rings. The summed E-state index contributed by atoms with van der Waals surface area (Å²) in [4.78, 5) is 38.2. The van der Waals surface area contributed by atoms with Gasteiger partial charge in [0, 0.05) is 18.1 Å². The van der Waals surface area contributed by atoms with Crippen molar-refractivity contribution in [3.8, 4) is 5.75 Å². The van der Waals surface area contributed by atoms with Gasteiger partial charge in [-0.1, -0.05) is 23.7 Å². The maximum atomic E-state index is 12.9. The number of carbonyl (C=O) groups excluding carboxylic acids is 3. The number of nitrogens with one attached hydrogen (secondary N) is 1. The predicted molar refractivity (Wildman–Crippen MR) is 114 cm³/mol. The summed E-state index contributed by atoms with van der Waals surface area (Å²) in [5, 5.41) is 2.80. The summed E-state index contributed by atoms with van der Waals surface area (Å²) >= 11 is 6.69. The van der Waals surface area contributed by atoms with Crippen LogP contribution in [0.4, 0.5) is 9.18 Å². The first-order valence-electron chi connectivity index (χ1n) is 9.04. The highest BCUT2D eigenvalue weighted by Gasteiger charge is 2.34. The van der Waals surface area contributed by atoms with E-state index in [-0.39, 0.29) is 13.1 Å². The van der Waals surface area contributed by atoms with Gasteiger partial charge in [-0.3, -0.25) is 19.3 Å². The van der Waals surface area contributed by atoms with Gasteiger partial charge in [-0.25, -0.2) is 4.39 Å². The lowest BCUT2D eigenvalue weighted by Crippen LogP contribution is -2.41. The number of imide groups is 1. The molecule has 0 saturated carbocycles. The Balaban J connectivity index is 1.50. The van der Waals surface area contributed by atoms with Gasteiger partial charge in [-0.15, -0.1) is 0 Å². The summed E-state index contributed by atoms with van der Waals surface area (Å²) in [6, 6.07) is 12.2. The summed E-state index contributed by atoms with van der Waals surface area (Å²) in [5.74, 6) is -0.869. The molecule has 1 saturated heterocycles. The molecule has 1 heterocycles. The first-order valence-corrected chi connectivity index (χ1v) is 10.2. The third kappa shape index (κ3) is 5.61. The fourth-order valence-corrected chi connectivity index (χ4v) is 3.60. The van der Waals surface area contributed by atoms with Crippen LogP contribution in [0.25, 0.3) is 6.08 Å². The van der Waals surface area contributed by atoms with Crippen molar-refractivity contribution in [2.24, 2.45) is 0 Å². The average Bonchev–Trinajstić information content (AvgIpc) is 2.98.